The minimum Gasteiger partial charge on any atom is -0.494 e. The molecule has 0 amide bonds. The molecular formula is C9H9O4. The van der Waals surface area contributed by atoms with Crippen LogP contribution in [0, 0.1) is 0 Å². The summed E-state index contributed by atoms with van der Waals surface area (Å²) >= 11 is 0. The van der Waals surface area contributed by atoms with Crippen LogP contribution in [-0.2, 0) is 5.11 Å². The van der Waals surface area contributed by atoms with Crippen molar-refractivity contribution in [1.29, 1.82) is 0 Å². The summed E-state index contributed by atoms with van der Waals surface area (Å²) in [5, 5.41) is 10.0. The molecule has 0 saturated carbocycles. The predicted octanol–water partition coefficient (Wildman–Crippen LogP) is 2.01. The second-order valence-corrected chi connectivity index (χ2v) is 2.26. The van der Waals surface area contributed by atoms with E-state index in [-0.39, 0.29) is 5.75 Å². The van der Waals surface area contributed by atoms with E-state index in [1.807, 2.05) is 6.92 Å². The van der Waals surface area contributed by atoms with Crippen LogP contribution >= 0.6 is 0 Å². The number of rotatable bonds is 3. The third-order valence-corrected chi connectivity index (χ3v) is 1.34. The van der Waals surface area contributed by atoms with Crippen LogP contribution in [0.1, 0.15) is 6.92 Å². The van der Waals surface area contributed by atoms with Crippen LogP contribution in [0.3, 0.4) is 0 Å². The minimum absolute atomic E-state index is 0.225. The van der Waals surface area contributed by atoms with E-state index < -0.39 is 6.16 Å². The molecule has 1 aromatic rings. The number of hydrogen-bond acceptors (Lipinski definition) is 3. The standard InChI is InChI=1S/C9H9O4/c1-2-12-7-3-5-8(6-4-7)13-9(10)11/h3-6H,2H2,1H3. The smallest absolute Gasteiger partial charge is 0.494 e. The van der Waals surface area contributed by atoms with E-state index in [9.17, 15) is 9.90 Å². The molecule has 0 N–H and O–H groups in total. The van der Waals surface area contributed by atoms with Crippen LogP contribution in [0.4, 0.5) is 4.79 Å². The summed E-state index contributed by atoms with van der Waals surface area (Å²) in [4.78, 5) is 10.0. The van der Waals surface area contributed by atoms with Crippen molar-refractivity contribution in [3.05, 3.63) is 24.3 Å². The maximum Gasteiger partial charge on any atom is 0.555 e. The summed E-state index contributed by atoms with van der Waals surface area (Å²) in [6.07, 6.45) is -1.57. The lowest BCUT2D eigenvalue weighted by Gasteiger charge is -2.02. The highest BCUT2D eigenvalue weighted by Gasteiger charge is 2.02. The molecule has 0 fully saturated rings. The highest BCUT2D eigenvalue weighted by molar-refractivity contribution is 5.60. The van der Waals surface area contributed by atoms with Gasteiger partial charge in [0.1, 0.15) is 11.5 Å². The Kier molecular flexibility index (Phi) is 3.14. The number of benzene rings is 1. The van der Waals surface area contributed by atoms with E-state index >= 15 is 0 Å². The molecule has 0 saturated heterocycles. The molecule has 0 bridgehead atoms. The molecule has 4 heteroatoms. The SMILES string of the molecule is CCOc1ccc(OC([O])=O)cc1. The number of carbonyl (C=O) groups is 1. The first-order valence-electron chi connectivity index (χ1n) is 3.84. The Labute approximate surface area is 75.7 Å². The van der Waals surface area contributed by atoms with Crippen LogP contribution in [0.2, 0.25) is 0 Å². The Hall–Kier alpha value is -1.71. The first kappa shape index (κ1) is 9.38. The van der Waals surface area contributed by atoms with Crippen LogP contribution in [-0.4, -0.2) is 12.8 Å². The lowest BCUT2D eigenvalue weighted by molar-refractivity contribution is 0.117. The first-order chi connectivity index (χ1) is 6.22. The van der Waals surface area contributed by atoms with Gasteiger partial charge >= 0.3 is 6.16 Å². The van der Waals surface area contributed by atoms with Crippen molar-refractivity contribution in [3.8, 4) is 11.5 Å². The van der Waals surface area contributed by atoms with Gasteiger partial charge in [0, 0.05) is 0 Å². The fourth-order valence-corrected chi connectivity index (χ4v) is 0.867. The lowest BCUT2D eigenvalue weighted by Crippen LogP contribution is -2.00. The van der Waals surface area contributed by atoms with Crippen molar-refractivity contribution in [1.82, 2.24) is 0 Å². The normalized spacial score (nSPS) is 9.31. The molecule has 1 aromatic carbocycles. The van der Waals surface area contributed by atoms with Gasteiger partial charge in [-0.2, -0.15) is 9.90 Å². The van der Waals surface area contributed by atoms with Gasteiger partial charge in [-0.3, -0.25) is 0 Å². The average molecular weight is 181 g/mol. The number of carbonyl (C=O) groups excluding carboxylic acids is 1. The fraction of sp³-hybridized carbons (Fsp3) is 0.222. The summed E-state index contributed by atoms with van der Waals surface area (Å²) in [7, 11) is 0. The van der Waals surface area contributed by atoms with Gasteiger partial charge in [-0.05, 0) is 31.2 Å². The van der Waals surface area contributed by atoms with Gasteiger partial charge in [0.2, 0.25) is 0 Å². The maximum atomic E-state index is 10.0. The second kappa shape index (κ2) is 4.35. The maximum absolute atomic E-state index is 10.0. The zero-order valence-corrected chi connectivity index (χ0v) is 7.15. The summed E-state index contributed by atoms with van der Waals surface area (Å²) < 4.78 is 9.44. The van der Waals surface area contributed by atoms with E-state index in [4.69, 9.17) is 4.74 Å². The van der Waals surface area contributed by atoms with Crippen LogP contribution in [0.5, 0.6) is 11.5 Å². The number of hydrogen-bond donors (Lipinski definition) is 0. The molecule has 1 rings (SSSR count). The highest BCUT2D eigenvalue weighted by Crippen LogP contribution is 2.17. The van der Waals surface area contributed by atoms with Crippen molar-refractivity contribution < 1.29 is 19.4 Å². The Bertz CT molecular complexity index is 278. The summed E-state index contributed by atoms with van der Waals surface area (Å²) in [6, 6.07) is 6.26. The van der Waals surface area contributed by atoms with Gasteiger partial charge in [-0.1, -0.05) is 0 Å². The molecule has 0 heterocycles. The van der Waals surface area contributed by atoms with Gasteiger partial charge in [-0.15, -0.1) is 0 Å². The largest absolute Gasteiger partial charge is 0.555 e. The van der Waals surface area contributed by atoms with Crippen LogP contribution in [0.15, 0.2) is 24.3 Å². The Morgan fingerprint density at radius 3 is 2.23 bits per heavy atom. The summed E-state index contributed by atoms with van der Waals surface area (Å²) in [5.74, 6) is 0.900. The average Bonchev–Trinajstić information content (AvgIpc) is 2.08. The summed E-state index contributed by atoms with van der Waals surface area (Å²) in [6.45, 7) is 2.44. The molecule has 0 aliphatic rings. The Balaban J connectivity index is 2.64. The molecule has 13 heavy (non-hydrogen) atoms. The molecule has 0 unspecified atom stereocenters. The van der Waals surface area contributed by atoms with E-state index in [0.717, 1.165) is 0 Å². The molecule has 0 atom stereocenters. The zero-order chi connectivity index (χ0) is 9.68. The van der Waals surface area contributed by atoms with Crippen molar-refractivity contribution in [3.63, 3.8) is 0 Å². The van der Waals surface area contributed by atoms with Gasteiger partial charge in [-0.25, -0.2) is 0 Å². The molecule has 0 spiro atoms. The summed E-state index contributed by atoms with van der Waals surface area (Å²) in [5.41, 5.74) is 0. The third-order valence-electron chi connectivity index (χ3n) is 1.34. The van der Waals surface area contributed by atoms with Crippen molar-refractivity contribution in [2.24, 2.45) is 0 Å². The van der Waals surface area contributed by atoms with Crippen molar-refractivity contribution in [2.75, 3.05) is 6.61 Å². The molecule has 4 nitrogen and oxygen atoms in total. The van der Waals surface area contributed by atoms with Crippen molar-refractivity contribution in [2.45, 2.75) is 6.92 Å². The van der Waals surface area contributed by atoms with Crippen molar-refractivity contribution >= 4 is 6.16 Å². The molecule has 0 aliphatic carbocycles. The van der Waals surface area contributed by atoms with Crippen LogP contribution < -0.4 is 9.47 Å². The molecule has 0 aromatic heterocycles. The lowest BCUT2D eigenvalue weighted by atomic mass is 10.3. The van der Waals surface area contributed by atoms with E-state index in [2.05, 4.69) is 4.74 Å². The molecule has 1 radical (unpaired) electrons. The van der Waals surface area contributed by atoms with Gasteiger partial charge < -0.3 is 9.47 Å². The number of ether oxygens (including phenoxy) is 2. The fourth-order valence-electron chi connectivity index (χ4n) is 0.867. The second-order valence-electron chi connectivity index (χ2n) is 2.26. The minimum atomic E-state index is -1.57. The van der Waals surface area contributed by atoms with E-state index in [1.54, 1.807) is 12.1 Å². The quantitative estimate of drug-likeness (QED) is 0.529. The zero-order valence-electron chi connectivity index (χ0n) is 7.15. The topological polar surface area (TPSA) is 55.4 Å². The highest BCUT2D eigenvalue weighted by atomic mass is 16.7. The van der Waals surface area contributed by atoms with Crippen LogP contribution in [0.25, 0.3) is 0 Å². The van der Waals surface area contributed by atoms with E-state index in [1.165, 1.54) is 12.1 Å². The Morgan fingerprint density at radius 1 is 1.23 bits per heavy atom. The first-order valence-corrected chi connectivity index (χ1v) is 3.84. The molecular weight excluding hydrogens is 172 g/mol. The van der Waals surface area contributed by atoms with Gasteiger partial charge in [0.25, 0.3) is 0 Å². The third kappa shape index (κ3) is 3.02. The Morgan fingerprint density at radius 2 is 1.77 bits per heavy atom. The van der Waals surface area contributed by atoms with E-state index in [0.29, 0.717) is 12.4 Å². The molecule has 0 aliphatic heterocycles. The molecule has 69 valence electrons. The predicted molar refractivity (Wildman–Crippen MR) is 44.3 cm³/mol. The van der Waals surface area contributed by atoms with Gasteiger partial charge in [0.05, 0.1) is 6.61 Å². The monoisotopic (exact) mass is 181 g/mol. The van der Waals surface area contributed by atoms with Gasteiger partial charge in [0.15, 0.2) is 0 Å².